The molecule has 126 valence electrons. The molecule has 0 aromatic heterocycles. The van der Waals surface area contributed by atoms with Gasteiger partial charge >= 0.3 is 5.97 Å². The van der Waals surface area contributed by atoms with E-state index in [1.54, 1.807) is 12.1 Å². The van der Waals surface area contributed by atoms with Gasteiger partial charge in [-0.15, -0.1) is 0 Å². The molecule has 0 radical (unpaired) electrons. The average molecular weight is 331 g/mol. The first-order valence-corrected chi connectivity index (χ1v) is 8.37. The highest BCUT2D eigenvalue weighted by atomic mass is 16.5. The quantitative estimate of drug-likeness (QED) is 0.505. The second-order valence-electron chi connectivity index (χ2n) is 5.92. The number of rotatable bonds is 6. The second kappa shape index (κ2) is 8.15. The molecule has 0 aliphatic rings. The number of benzene rings is 3. The summed E-state index contributed by atoms with van der Waals surface area (Å²) in [6.45, 7) is 1.89. The summed E-state index contributed by atoms with van der Waals surface area (Å²) in [5, 5.41) is 3.46. The summed E-state index contributed by atoms with van der Waals surface area (Å²) < 4.78 is 5.54. The Morgan fingerprint density at radius 2 is 1.32 bits per heavy atom. The molecule has 3 aromatic carbocycles. The van der Waals surface area contributed by atoms with Crippen LogP contribution >= 0.6 is 0 Å². The molecule has 1 N–H and O–H groups in total. The molecule has 0 amide bonds. The number of para-hydroxylation sites is 2. The number of esters is 1. The molecular formula is C22H21NO2. The SMILES string of the molecule is CC(C(=O)Oc1ccccc1)C(Nc1ccccc1)c1ccccc1. The van der Waals surface area contributed by atoms with Gasteiger partial charge in [0.15, 0.2) is 0 Å². The van der Waals surface area contributed by atoms with Crippen LogP contribution < -0.4 is 10.1 Å². The van der Waals surface area contributed by atoms with Crippen LogP contribution in [0.2, 0.25) is 0 Å². The summed E-state index contributed by atoms with van der Waals surface area (Å²) in [5.41, 5.74) is 2.01. The molecule has 3 heteroatoms. The van der Waals surface area contributed by atoms with E-state index in [9.17, 15) is 4.79 Å². The van der Waals surface area contributed by atoms with Crippen molar-refractivity contribution in [1.82, 2.24) is 0 Å². The number of anilines is 1. The van der Waals surface area contributed by atoms with Crippen molar-refractivity contribution in [1.29, 1.82) is 0 Å². The Labute approximate surface area is 148 Å². The van der Waals surface area contributed by atoms with Gasteiger partial charge in [0, 0.05) is 5.69 Å². The summed E-state index contributed by atoms with van der Waals surface area (Å²) in [6, 6.07) is 28.8. The minimum Gasteiger partial charge on any atom is -0.426 e. The highest BCUT2D eigenvalue weighted by molar-refractivity contribution is 5.76. The first-order valence-electron chi connectivity index (χ1n) is 8.37. The first kappa shape index (κ1) is 16.8. The Hall–Kier alpha value is -3.07. The van der Waals surface area contributed by atoms with E-state index in [2.05, 4.69) is 5.32 Å². The Balaban J connectivity index is 1.81. The van der Waals surface area contributed by atoms with E-state index in [1.807, 2.05) is 85.8 Å². The number of carbonyl (C=O) groups is 1. The second-order valence-corrected chi connectivity index (χ2v) is 5.92. The Bertz CT molecular complexity index is 788. The van der Waals surface area contributed by atoms with Crippen LogP contribution in [0.25, 0.3) is 0 Å². The predicted molar refractivity (Wildman–Crippen MR) is 100 cm³/mol. The van der Waals surface area contributed by atoms with Gasteiger partial charge in [0.1, 0.15) is 5.75 Å². The molecule has 0 spiro atoms. The van der Waals surface area contributed by atoms with E-state index in [1.165, 1.54) is 0 Å². The van der Waals surface area contributed by atoms with Crippen molar-refractivity contribution in [2.45, 2.75) is 13.0 Å². The molecule has 0 saturated heterocycles. The molecule has 2 unspecified atom stereocenters. The van der Waals surface area contributed by atoms with Gasteiger partial charge in [-0.2, -0.15) is 0 Å². The topological polar surface area (TPSA) is 38.3 Å². The van der Waals surface area contributed by atoms with E-state index in [0.717, 1.165) is 11.3 Å². The summed E-state index contributed by atoms with van der Waals surface area (Å²) >= 11 is 0. The van der Waals surface area contributed by atoms with Gasteiger partial charge in [0.2, 0.25) is 0 Å². The summed E-state index contributed by atoms with van der Waals surface area (Å²) in [4.78, 5) is 12.7. The number of carbonyl (C=O) groups excluding carboxylic acids is 1. The Kier molecular flexibility index (Phi) is 5.47. The van der Waals surface area contributed by atoms with Crippen molar-refractivity contribution >= 4 is 11.7 Å². The summed E-state index contributed by atoms with van der Waals surface area (Å²) in [5.74, 6) is -0.0582. The normalized spacial score (nSPS) is 12.8. The zero-order valence-electron chi connectivity index (χ0n) is 14.1. The lowest BCUT2D eigenvalue weighted by Gasteiger charge is -2.25. The van der Waals surface area contributed by atoms with Crippen molar-refractivity contribution in [3.63, 3.8) is 0 Å². The fourth-order valence-corrected chi connectivity index (χ4v) is 2.71. The molecule has 25 heavy (non-hydrogen) atoms. The van der Waals surface area contributed by atoms with Gasteiger partial charge in [-0.25, -0.2) is 0 Å². The van der Waals surface area contributed by atoms with Crippen molar-refractivity contribution < 1.29 is 9.53 Å². The molecule has 0 bridgehead atoms. The largest absolute Gasteiger partial charge is 0.426 e. The number of nitrogens with one attached hydrogen (secondary N) is 1. The van der Waals surface area contributed by atoms with E-state index >= 15 is 0 Å². The number of hydrogen-bond acceptors (Lipinski definition) is 3. The van der Waals surface area contributed by atoms with Crippen LogP contribution in [0.1, 0.15) is 18.5 Å². The lowest BCUT2D eigenvalue weighted by molar-refractivity contribution is -0.138. The van der Waals surface area contributed by atoms with Crippen LogP contribution in [0, 0.1) is 5.92 Å². The molecule has 0 aliphatic heterocycles. The summed E-state index contributed by atoms with van der Waals surface area (Å²) in [7, 11) is 0. The minimum atomic E-state index is -0.359. The molecule has 3 aromatic rings. The minimum absolute atomic E-state index is 0.181. The standard InChI is InChI=1S/C22H21NO2/c1-17(22(24)25-20-15-9-4-10-16-20)21(18-11-5-2-6-12-18)23-19-13-7-3-8-14-19/h2-17,21,23H,1H3. The van der Waals surface area contributed by atoms with Crippen LogP contribution in [0.15, 0.2) is 91.0 Å². The van der Waals surface area contributed by atoms with E-state index in [0.29, 0.717) is 5.75 Å². The smallest absolute Gasteiger partial charge is 0.316 e. The average Bonchev–Trinajstić information content (AvgIpc) is 2.68. The monoisotopic (exact) mass is 331 g/mol. The molecular weight excluding hydrogens is 310 g/mol. The van der Waals surface area contributed by atoms with Gasteiger partial charge in [-0.3, -0.25) is 4.79 Å². The lowest BCUT2D eigenvalue weighted by atomic mass is 9.94. The van der Waals surface area contributed by atoms with Crippen molar-refractivity contribution in [2.75, 3.05) is 5.32 Å². The maximum atomic E-state index is 12.7. The maximum absolute atomic E-state index is 12.7. The van der Waals surface area contributed by atoms with Crippen LogP contribution in [0.4, 0.5) is 5.69 Å². The van der Waals surface area contributed by atoms with Crippen LogP contribution in [0.3, 0.4) is 0 Å². The molecule has 3 rings (SSSR count). The van der Waals surface area contributed by atoms with Gasteiger partial charge in [0.25, 0.3) is 0 Å². The molecule has 3 nitrogen and oxygen atoms in total. The van der Waals surface area contributed by atoms with Crippen LogP contribution in [-0.2, 0) is 4.79 Å². The zero-order chi connectivity index (χ0) is 17.5. The van der Waals surface area contributed by atoms with Crippen molar-refractivity contribution in [3.8, 4) is 5.75 Å². The lowest BCUT2D eigenvalue weighted by Crippen LogP contribution is -2.28. The fourth-order valence-electron chi connectivity index (χ4n) is 2.71. The maximum Gasteiger partial charge on any atom is 0.316 e. The predicted octanol–water partition coefficient (Wildman–Crippen LogP) is 5.08. The third-order valence-corrected chi connectivity index (χ3v) is 4.09. The summed E-state index contributed by atoms with van der Waals surface area (Å²) in [6.07, 6.45) is 0. The Morgan fingerprint density at radius 3 is 1.92 bits per heavy atom. The first-order chi connectivity index (χ1) is 12.2. The van der Waals surface area contributed by atoms with E-state index in [4.69, 9.17) is 4.74 Å². The molecule has 0 saturated carbocycles. The van der Waals surface area contributed by atoms with E-state index in [-0.39, 0.29) is 17.9 Å². The third kappa shape index (κ3) is 4.48. The highest BCUT2D eigenvalue weighted by Crippen LogP contribution is 2.28. The number of hydrogen-bond donors (Lipinski definition) is 1. The van der Waals surface area contributed by atoms with Crippen LogP contribution in [-0.4, -0.2) is 5.97 Å². The molecule has 0 aliphatic carbocycles. The van der Waals surface area contributed by atoms with Gasteiger partial charge in [-0.1, -0.05) is 66.7 Å². The van der Waals surface area contributed by atoms with E-state index < -0.39 is 0 Å². The van der Waals surface area contributed by atoms with Gasteiger partial charge < -0.3 is 10.1 Å². The molecule has 0 heterocycles. The molecule has 2 atom stereocenters. The van der Waals surface area contributed by atoms with Crippen molar-refractivity contribution in [2.24, 2.45) is 5.92 Å². The highest BCUT2D eigenvalue weighted by Gasteiger charge is 2.27. The Morgan fingerprint density at radius 1 is 0.800 bits per heavy atom. The van der Waals surface area contributed by atoms with Gasteiger partial charge in [0.05, 0.1) is 12.0 Å². The van der Waals surface area contributed by atoms with Crippen LogP contribution in [0.5, 0.6) is 5.75 Å². The molecule has 0 fully saturated rings. The van der Waals surface area contributed by atoms with Gasteiger partial charge in [-0.05, 0) is 36.8 Å². The van der Waals surface area contributed by atoms with Crippen molar-refractivity contribution in [3.05, 3.63) is 96.6 Å². The third-order valence-electron chi connectivity index (χ3n) is 4.09. The fraction of sp³-hybridized carbons (Fsp3) is 0.136. The number of ether oxygens (including phenoxy) is 1. The zero-order valence-corrected chi connectivity index (χ0v) is 14.1.